The van der Waals surface area contributed by atoms with Crippen LogP contribution in [0.5, 0.6) is 0 Å². The second-order valence-corrected chi connectivity index (χ2v) is 16.0. The molecule has 3 saturated carbocycles. The van der Waals surface area contributed by atoms with Gasteiger partial charge in [-0.2, -0.15) is 0 Å². The van der Waals surface area contributed by atoms with Crippen molar-refractivity contribution in [3.8, 4) is 0 Å². The van der Waals surface area contributed by atoms with E-state index in [1.807, 2.05) is 13.8 Å². The molecule has 5 nitrogen and oxygen atoms in total. The van der Waals surface area contributed by atoms with Gasteiger partial charge in [-0.05, 0) is 113 Å². The fraction of sp³-hybridized carbons (Fsp3) is 0.848. The molecule has 5 heteroatoms. The van der Waals surface area contributed by atoms with Gasteiger partial charge in [-0.25, -0.2) is 0 Å². The van der Waals surface area contributed by atoms with Gasteiger partial charge in [0.15, 0.2) is 5.78 Å². The maximum Gasteiger partial charge on any atom is 0.306 e. The quantitative estimate of drug-likeness (QED) is 0.403. The van der Waals surface area contributed by atoms with Crippen molar-refractivity contribution in [2.45, 2.75) is 132 Å². The molecule has 1 amide bonds. The molecule has 38 heavy (non-hydrogen) atoms. The topological polar surface area (TPSA) is 72.5 Å². The number of hydrogen-bond donors (Lipinski definition) is 1. The summed E-state index contributed by atoms with van der Waals surface area (Å²) in [6.07, 6.45) is 10.0. The second-order valence-electron chi connectivity index (χ2n) is 16.0. The van der Waals surface area contributed by atoms with Crippen LogP contribution in [0.4, 0.5) is 0 Å². The third-order valence-electron chi connectivity index (χ3n) is 12.9. The standard InChI is InChI=1S/C33H51NO4/c1-20(2)34-27(37)30(6)15-14-29(5)16-17-32(8)21(22(29)19-30)18-23(35)26-31(7)12-11-25(36)38-28(3,4)24(31)10-13-33(26,32)9/h18,20,22,24,26H,10-17,19H2,1-9H3,(H,34,37)/t22-,24?,26?,29+,30-,31-,32+,33+/m0/s1. The number of cyclic esters (lactones) is 1. The van der Waals surface area contributed by atoms with Crippen LogP contribution in [0.25, 0.3) is 0 Å². The number of carbonyl (C=O) groups excluding carboxylic acids is 3. The van der Waals surface area contributed by atoms with Crippen LogP contribution < -0.4 is 5.32 Å². The van der Waals surface area contributed by atoms with Crippen LogP contribution in [0.1, 0.15) is 120 Å². The second kappa shape index (κ2) is 8.43. The summed E-state index contributed by atoms with van der Waals surface area (Å²) in [4.78, 5) is 40.4. The zero-order valence-corrected chi connectivity index (χ0v) is 25.4. The predicted molar refractivity (Wildman–Crippen MR) is 149 cm³/mol. The maximum atomic E-state index is 14.4. The first-order valence-corrected chi connectivity index (χ1v) is 15.2. The van der Waals surface area contributed by atoms with Crippen LogP contribution in [0.15, 0.2) is 11.6 Å². The average molecular weight is 526 g/mol. The van der Waals surface area contributed by atoms with Crippen LogP contribution in [0.2, 0.25) is 0 Å². The van der Waals surface area contributed by atoms with E-state index in [-0.39, 0.29) is 63.1 Å². The van der Waals surface area contributed by atoms with Gasteiger partial charge in [-0.3, -0.25) is 14.4 Å². The van der Waals surface area contributed by atoms with E-state index in [0.29, 0.717) is 12.8 Å². The summed E-state index contributed by atoms with van der Waals surface area (Å²) in [5, 5.41) is 3.19. The van der Waals surface area contributed by atoms with Gasteiger partial charge in [-0.15, -0.1) is 0 Å². The lowest BCUT2D eigenvalue weighted by Crippen LogP contribution is -2.65. The van der Waals surface area contributed by atoms with Gasteiger partial charge in [0.1, 0.15) is 5.60 Å². The molecule has 1 heterocycles. The Hall–Kier alpha value is -1.65. The highest BCUT2D eigenvalue weighted by Crippen LogP contribution is 2.74. The molecular formula is C33H51NO4. The molecule has 0 aromatic carbocycles. The highest BCUT2D eigenvalue weighted by molar-refractivity contribution is 5.96. The van der Waals surface area contributed by atoms with Crippen molar-refractivity contribution in [2.75, 3.05) is 0 Å². The van der Waals surface area contributed by atoms with Crippen molar-refractivity contribution in [1.82, 2.24) is 5.32 Å². The summed E-state index contributed by atoms with van der Waals surface area (Å²) in [6.45, 7) is 19.8. The Kier molecular flexibility index (Phi) is 6.19. The Morgan fingerprint density at radius 3 is 2.26 bits per heavy atom. The van der Waals surface area contributed by atoms with Gasteiger partial charge in [-0.1, -0.05) is 40.2 Å². The molecule has 4 aliphatic carbocycles. The van der Waals surface area contributed by atoms with Crippen molar-refractivity contribution in [3.63, 3.8) is 0 Å². The normalized spacial score (nSPS) is 47.9. The molecule has 4 fully saturated rings. The Morgan fingerprint density at radius 1 is 0.947 bits per heavy atom. The first kappa shape index (κ1) is 27.9. The van der Waals surface area contributed by atoms with Gasteiger partial charge in [0.2, 0.25) is 5.91 Å². The number of fused-ring (bicyclic) bond motifs is 7. The van der Waals surface area contributed by atoms with Crippen molar-refractivity contribution >= 4 is 17.7 Å². The van der Waals surface area contributed by atoms with E-state index in [4.69, 9.17) is 4.74 Å². The smallest absolute Gasteiger partial charge is 0.306 e. The SMILES string of the molecule is CC(C)NC(=O)[C@@]1(C)CC[C@]2(C)CC[C@]3(C)C(=CC(=O)C4[C@@]5(C)CCC(=O)OC(C)(C)C5CC[C@]43C)[C@@H]2C1. The molecule has 5 rings (SSSR count). The lowest BCUT2D eigenvalue weighted by molar-refractivity contribution is -0.188. The molecule has 0 spiro atoms. The third kappa shape index (κ3) is 3.72. The molecule has 1 aliphatic heterocycles. The number of amides is 1. The van der Waals surface area contributed by atoms with Gasteiger partial charge in [0, 0.05) is 29.7 Å². The Labute approximate surface area is 230 Å². The lowest BCUT2D eigenvalue weighted by atomic mass is 9.35. The maximum absolute atomic E-state index is 14.4. The average Bonchev–Trinajstić information content (AvgIpc) is 2.88. The van der Waals surface area contributed by atoms with Crippen LogP contribution in [-0.2, 0) is 19.1 Å². The summed E-state index contributed by atoms with van der Waals surface area (Å²) < 4.78 is 5.97. The van der Waals surface area contributed by atoms with Crippen molar-refractivity contribution in [2.24, 2.45) is 44.8 Å². The minimum Gasteiger partial charge on any atom is -0.459 e. The first-order chi connectivity index (χ1) is 17.4. The first-order valence-electron chi connectivity index (χ1n) is 15.2. The Morgan fingerprint density at radius 2 is 1.61 bits per heavy atom. The minimum atomic E-state index is -0.574. The number of ether oxygens (including phenoxy) is 1. The van der Waals surface area contributed by atoms with E-state index in [2.05, 4.69) is 59.9 Å². The number of rotatable bonds is 2. The lowest BCUT2D eigenvalue weighted by Gasteiger charge is -2.68. The summed E-state index contributed by atoms with van der Waals surface area (Å²) in [5.74, 6) is 0.550. The van der Waals surface area contributed by atoms with Crippen molar-refractivity contribution in [3.05, 3.63) is 11.6 Å². The molecule has 5 aliphatic rings. The Balaban J connectivity index is 1.59. The molecule has 1 saturated heterocycles. The van der Waals surface area contributed by atoms with Gasteiger partial charge in [0.25, 0.3) is 0 Å². The van der Waals surface area contributed by atoms with Gasteiger partial charge < -0.3 is 10.1 Å². The van der Waals surface area contributed by atoms with Crippen LogP contribution in [-0.4, -0.2) is 29.3 Å². The molecule has 0 radical (unpaired) electrons. The zero-order chi connectivity index (χ0) is 28.1. The third-order valence-corrected chi connectivity index (χ3v) is 12.9. The largest absolute Gasteiger partial charge is 0.459 e. The van der Waals surface area contributed by atoms with E-state index in [1.165, 1.54) is 5.57 Å². The number of ketones is 1. The van der Waals surface area contributed by atoms with Crippen LogP contribution in [0, 0.1) is 44.8 Å². The molecule has 2 unspecified atom stereocenters. The van der Waals surface area contributed by atoms with Gasteiger partial charge >= 0.3 is 5.97 Å². The molecular weight excluding hydrogens is 474 g/mol. The van der Waals surface area contributed by atoms with E-state index >= 15 is 0 Å². The van der Waals surface area contributed by atoms with Crippen molar-refractivity contribution in [1.29, 1.82) is 0 Å². The number of allylic oxidation sites excluding steroid dienone is 2. The zero-order valence-electron chi connectivity index (χ0n) is 25.4. The van der Waals surface area contributed by atoms with Crippen LogP contribution >= 0.6 is 0 Å². The molecule has 0 aromatic rings. The van der Waals surface area contributed by atoms with E-state index in [9.17, 15) is 14.4 Å². The molecule has 8 atom stereocenters. The summed E-state index contributed by atoms with van der Waals surface area (Å²) in [7, 11) is 0. The highest BCUT2D eigenvalue weighted by atomic mass is 16.6. The van der Waals surface area contributed by atoms with E-state index in [0.717, 1.165) is 44.9 Å². The fourth-order valence-electron chi connectivity index (χ4n) is 10.5. The summed E-state index contributed by atoms with van der Waals surface area (Å²) in [5.41, 5.74) is -0.117. The van der Waals surface area contributed by atoms with Gasteiger partial charge in [0.05, 0.1) is 0 Å². The molecule has 0 aromatic heterocycles. The summed E-state index contributed by atoms with van der Waals surface area (Å²) >= 11 is 0. The highest BCUT2D eigenvalue weighted by Gasteiger charge is 2.69. The monoisotopic (exact) mass is 525 g/mol. The van der Waals surface area contributed by atoms with E-state index < -0.39 is 11.0 Å². The fourth-order valence-corrected chi connectivity index (χ4v) is 10.5. The number of hydrogen-bond acceptors (Lipinski definition) is 4. The number of nitrogens with one attached hydrogen (secondary N) is 1. The number of carbonyl (C=O) groups is 3. The molecule has 212 valence electrons. The van der Waals surface area contributed by atoms with Crippen molar-refractivity contribution < 1.29 is 19.1 Å². The summed E-state index contributed by atoms with van der Waals surface area (Å²) in [6, 6.07) is 0.120. The van der Waals surface area contributed by atoms with Crippen LogP contribution in [0.3, 0.4) is 0 Å². The predicted octanol–water partition coefficient (Wildman–Crippen LogP) is 6.79. The molecule has 0 bridgehead atoms. The minimum absolute atomic E-state index is 0.0994. The molecule has 1 N–H and O–H groups in total. The Bertz CT molecular complexity index is 1090. The number of esters is 1. The van der Waals surface area contributed by atoms with E-state index in [1.54, 1.807) is 0 Å².